The van der Waals surface area contributed by atoms with E-state index in [0.29, 0.717) is 19.4 Å². The maximum atomic E-state index is 13.0. The van der Waals surface area contributed by atoms with Gasteiger partial charge in [-0.3, -0.25) is 9.59 Å². The molecule has 11 nitrogen and oxygen atoms in total. The molecule has 0 bridgehead atoms. The van der Waals surface area contributed by atoms with Crippen LogP contribution < -0.4 is 5.32 Å². The second kappa shape index (κ2) is 49.1. The summed E-state index contributed by atoms with van der Waals surface area (Å²) >= 11 is 0. The maximum Gasteiger partial charge on any atom is 0.305 e. The van der Waals surface area contributed by atoms with Crippen molar-refractivity contribution in [3.8, 4) is 0 Å². The van der Waals surface area contributed by atoms with E-state index < -0.39 is 49.5 Å². The third-order valence-electron chi connectivity index (χ3n) is 13.7. The number of aliphatic hydroxyl groups is 5. The van der Waals surface area contributed by atoms with E-state index in [0.717, 1.165) is 83.5 Å². The van der Waals surface area contributed by atoms with Crippen molar-refractivity contribution >= 4 is 11.9 Å². The summed E-state index contributed by atoms with van der Waals surface area (Å²) in [5, 5.41) is 54.2. The van der Waals surface area contributed by atoms with Crippen LogP contribution in [-0.2, 0) is 23.8 Å². The van der Waals surface area contributed by atoms with Gasteiger partial charge in [0.25, 0.3) is 0 Å². The van der Waals surface area contributed by atoms with Crippen molar-refractivity contribution in [2.24, 2.45) is 0 Å². The van der Waals surface area contributed by atoms with Crippen LogP contribution in [0.25, 0.3) is 0 Å². The molecule has 1 saturated heterocycles. The number of aliphatic hydroxyl groups excluding tert-OH is 5. The first kappa shape index (κ1) is 65.9. The van der Waals surface area contributed by atoms with Crippen molar-refractivity contribution < 1.29 is 49.3 Å². The fraction of sp³-hybridized carbons (Fsp3) is 0.864. The first-order valence-corrected chi connectivity index (χ1v) is 29.3. The molecule has 0 aromatic rings. The summed E-state index contributed by atoms with van der Waals surface area (Å²) in [6.07, 6.45) is 49.6. The molecule has 1 amide bonds. The predicted molar refractivity (Wildman–Crippen MR) is 287 cm³/mol. The third-order valence-corrected chi connectivity index (χ3v) is 13.7. The number of rotatable bonds is 50. The zero-order valence-electron chi connectivity index (χ0n) is 45.0. The molecular weight excluding hydrogens is 883 g/mol. The lowest BCUT2D eigenvalue weighted by Gasteiger charge is -2.40. The Morgan fingerprint density at radius 1 is 0.514 bits per heavy atom. The molecule has 410 valence electrons. The summed E-state index contributed by atoms with van der Waals surface area (Å²) < 4.78 is 16.7. The molecule has 70 heavy (non-hydrogen) atoms. The number of ether oxygens (including phenoxy) is 3. The van der Waals surface area contributed by atoms with E-state index in [-0.39, 0.29) is 18.5 Å². The van der Waals surface area contributed by atoms with E-state index in [2.05, 4.69) is 43.5 Å². The molecule has 6 N–H and O–H groups in total. The molecule has 0 aromatic heterocycles. The number of nitrogens with one attached hydrogen (secondary N) is 1. The van der Waals surface area contributed by atoms with Gasteiger partial charge in [-0.05, 0) is 83.5 Å². The van der Waals surface area contributed by atoms with Crippen LogP contribution in [0.2, 0.25) is 0 Å². The van der Waals surface area contributed by atoms with Gasteiger partial charge in [-0.25, -0.2) is 0 Å². The van der Waals surface area contributed by atoms with Crippen LogP contribution >= 0.6 is 0 Å². The minimum Gasteiger partial charge on any atom is -0.466 e. The Morgan fingerprint density at radius 3 is 1.37 bits per heavy atom. The number of amides is 1. The summed E-state index contributed by atoms with van der Waals surface area (Å²) in [7, 11) is 0. The van der Waals surface area contributed by atoms with Gasteiger partial charge >= 0.3 is 5.97 Å². The van der Waals surface area contributed by atoms with Crippen molar-refractivity contribution in [1.29, 1.82) is 0 Å². The number of carbonyl (C=O) groups excluding carboxylic acids is 2. The smallest absolute Gasteiger partial charge is 0.305 e. The molecule has 1 aliphatic heterocycles. The molecule has 0 spiro atoms. The zero-order chi connectivity index (χ0) is 51.0. The van der Waals surface area contributed by atoms with E-state index >= 15 is 0 Å². The highest BCUT2D eigenvalue weighted by molar-refractivity contribution is 5.76. The monoisotopic (exact) mass is 992 g/mol. The Balaban J connectivity index is 2.04. The number of hydrogen-bond donors (Lipinski definition) is 6. The molecule has 7 unspecified atom stereocenters. The summed E-state index contributed by atoms with van der Waals surface area (Å²) in [6, 6.07) is -0.816. The molecule has 1 heterocycles. The van der Waals surface area contributed by atoms with Crippen LogP contribution in [0.3, 0.4) is 0 Å². The predicted octanol–water partition coefficient (Wildman–Crippen LogP) is 13.1. The minimum atomic E-state index is -1.57. The highest BCUT2D eigenvalue weighted by Gasteiger charge is 2.44. The van der Waals surface area contributed by atoms with E-state index in [1.54, 1.807) is 6.08 Å². The van der Waals surface area contributed by atoms with Crippen molar-refractivity contribution in [2.45, 2.75) is 307 Å². The number of hydrogen-bond acceptors (Lipinski definition) is 10. The van der Waals surface area contributed by atoms with Gasteiger partial charge in [0.15, 0.2) is 6.29 Å². The third kappa shape index (κ3) is 38.5. The number of carbonyl (C=O) groups is 2. The van der Waals surface area contributed by atoms with Gasteiger partial charge in [-0.15, -0.1) is 0 Å². The standard InChI is InChI=1S/C59H109NO10/c1-3-5-7-9-11-13-14-15-24-27-31-35-39-43-47-55(64)68-48-44-40-36-32-28-25-22-20-18-16-17-19-21-23-26-30-34-38-42-46-54(63)60-51(52(62)45-41-37-33-29-12-10-8-6-4-2)50-69-59-58(67)57(66)56(65)53(49-61)70-59/h14-17,41,45,51-53,56-59,61-62,65-67H,3-13,18-40,42-44,46-50H2,1-2H3,(H,60,63)/b15-14-,17-16-,45-41+. The van der Waals surface area contributed by atoms with Crippen LogP contribution in [0.4, 0.5) is 0 Å². The average molecular weight is 993 g/mol. The van der Waals surface area contributed by atoms with Crippen LogP contribution in [0, 0.1) is 0 Å². The van der Waals surface area contributed by atoms with Gasteiger partial charge in [0.05, 0.1) is 32.0 Å². The summed E-state index contributed by atoms with van der Waals surface area (Å²) in [4.78, 5) is 25.0. The lowest BCUT2D eigenvalue weighted by Crippen LogP contribution is -2.60. The van der Waals surface area contributed by atoms with E-state index in [1.165, 1.54) is 154 Å². The fourth-order valence-corrected chi connectivity index (χ4v) is 9.01. The van der Waals surface area contributed by atoms with E-state index in [1.807, 2.05) is 6.08 Å². The van der Waals surface area contributed by atoms with E-state index in [9.17, 15) is 35.1 Å². The van der Waals surface area contributed by atoms with Crippen molar-refractivity contribution in [3.05, 3.63) is 36.5 Å². The van der Waals surface area contributed by atoms with Crippen LogP contribution in [0.1, 0.15) is 264 Å². The van der Waals surface area contributed by atoms with Crippen molar-refractivity contribution in [3.63, 3.8) is 0 Å². The SMILES string of the molecule is CCCCCCC/C=C\CCCCCCCC(=O)OCCCCCCCCCC/C=C\CCCCCCCCCC(=O)NC(COC1OC(CO)C(O)C(O)C1O)C(O)/C=C/CCCCCCCCC. The Morgan fingerprint density at radius 2 is 0.914 bits per heavy atom. The minimum absolute atomic E-state index is 0.0199. The summed E-state index contributed by atoms with van der Waals surface area (Å²) in [5.74, 6) is -0.214. The summed E-state index contributed by atoms with van der Waals surface area (Å²) in [5.41, 5.74) is 0. The Hall–Kier alpha value is -2.12. The normalized spacial score (nSPS) is 19.4. The molecule has 11 heteroatoms. The Bertz CT molecular complexity index is 1260. The highest BCUT2D eigenvalue weighted by Crippen LogP contribution is 2.23. The van der Waals surface area contributed by atoms with E-state index in [4.69, 9.17) is 14.2 Å². The van der Waals surface area contributed by atoms with Crippen molar-refractivity contribution in [2.75, 3.05) is 19.8 Å². The number of esters is 1. The van der Waals surface area contributed by atoms with Gasteiger partial charge in [0, 0.05) is 12.8 Å². The average Bonchev–Trinajstić information content (AvgIpc) is 3.36. The maximum absolute atomic E-state index is 13.0. The van der Waals surface area contributed by atoms with Gasteiger partial charge in [-0.2, -0.15) is 0 Å². The Labute approximate surface area is 428 Å². The number of unbranched alkanes of at least 4 members (excludes halogenated alkanes) is 32. The first-order chi connectivity index (χ1) is 34.2. The molecule has 7 atom stereocenters. The molecule has 0 aromatic carbocycles. The molecule has 0 radical (unpaired) electrons. The van der Waals surface area contributed by atoms with Gasteiger partial charge in [0.2, 0.25) is 5.91 Å². The second-order valence-corrected chi connectivity index (χ2v) is 20.3. The Kier molecular flexibility index (Phi) is 46.2. The highest BCUT2D eigenvalue weighted by atomic mass is 16.7. The van der Waals surface area contributed by atoms with Gasteiger partial charge in [-0.1, -0.05) is 204 Å². The van der Waals surface area contributed by atoms with Crippen LogP contribution in [-0.4, -0.2) is 100 Å². The lowest BCUT2D eigenvalue weighted by molar-refractivity contribution is -0.302. The second-order valence-electron chi connectivity index (χ2n) is 20.3. The first-order valence-electron chi connectivity index (χ1n) is 29.3. The summed E-state index contributed by atoms with van der Waals surface area (Å²) in [6.45, 7) is 4.28. The quantitative estimate of drug-likeness (QED) is 0.0195. The van der Waals surface area contributed by atoms with Gasteiger partial charge < -0.3 is 45.1 Å². The molecule has 1 fully saturated rings. The van der Waals surface area contributed by atoms with Crippen LogP contribution in [0.5, 0.6) is 0 Å². The lowest BCUT2D eigenvalue weighted by atomic mass is 9.99. The molecular formula is C59H109NO10. The molecule has 0 aliphatic carbocycles. The van der Waals surface area contributed by atoms with Crippen molar-refractivity contribution in [1.82, 2.24) is 5.32 Å². The van der Waals surface area contributed by atoms with Crippen LogP contribution in [0.15, 0.2) is 36.5 Å². The molecule has 1 rings (SSSR count). The fourth-order valence-electron chi connectivity index (χ4n) is 9.01. The molecule has 0 saturated carbocycles. The largest absolute Gasteiger partial charge is 0.466 e. The molecule has 1 aliphatic rings. The topological polar surface area (TPSA) is 175 Å². The van der Waals surface area contributed by atoms with Gasteiger partial charge in [0.1, 0.15) is 24.4 Å². The number of allylic oxidation sites excluding steroid dienone is 5. The zero-order valence-corrected chi connectivity index (χ0v) is 45.0.